The number of carbonyl (C=O) groups is 1. The van der Waals surface area contributed by atoms with Gasteiger partial charge in [-0.15, -0.1) is 12.4 Å². The van der Waals surface area contributed by atoms with Crippen molar-refractivity contribution in [2.75, 3.05) is 5.32 Å². The van der Waals surface area contributed by atoms with Gasteiger partial charge in [0.2, 0.25) is 0 Å². The summed E-state index contributed by atoms with van der Waals surface area (Å²) < 4.78 is 0. The quantitative estimate of drug-likeness (QED) is 0.591. The van der Waals surface area contributed by atoms with Crippen molar-refractivity contribution in [3.8, 4) is 11.1 Å². The molecule has 1 aliphatic carbocycles. The lowest BCUT2D eigenvalue weighted by Gasteiger charge is -2.10. The van der Waals surface area contributed by atoms with Gasteiger partial charge in [0.1, 0.15) is 0 Å². The number of hydrogen-bond acceptors (Lipinski definition) is 2. The maximum absolute atomic E-state index is 12.5. The van der Waals surface area contributed by atoms with Gasteiger partial charge < -0.3 is 11.1 Å². The third-order valence-electron chi connectivity index (χ3n) is 5.60. The summed E-state index contributed by atoms with van der Waals surface area (Å²) in [6, 6.07) is 25.9. The maximum atomic E-state index is 12.5. The molecule has 0 bridgehead atoms. The molecule has 3 N–H and O–H groups in total. The monoisotopic (exact) mass is 392 g/mol. The Morgan fingerprint density at radius 2 is 1.57 bits per heavy atom. The second kappa shape index (κ2) is 8.17. The van der Waals surface area contributed by atoms with Crippen molar-refractivity contribution in [2.45, 2.75) is 31.2 Å². The van der Waals surface area contributed by atoms with E-state index in [1.807, 2.05) is 54.6 Å². The Hall–Kier alpha value is -2.62. The molecule has 28 heavy (non-hydrogen) atoms. The van der Waals surface area contributed by atoms with Crippen LogP contribution >= 0.6 is 12.4 Å². The molecule has 0 aromatic heterocycles. The first-order valence-corrected chi connectivity index (χ1v) is 9.45. The highest BCUT2D eigenvalue weighted by atomic mass is 35.5. The zero-order valence-corrected chi connectivity index (χ0v) is 16.7. The summed E-state index contributed by atoms with van der Waals surface area (Å²) in [6.45, 7) is 2.14. The molecule has 4 heteroatoms. The number of anilines is 1. The van der Waals surface area contributed by atoms with E-state index in [4.69, 9.17) is 5.73 Å². The van der Waals surface area contributed by atoms with Crippen LogP contribution in [0.25, 0.3) is 11.1 Å². The molecular formula is C24H25ClN2O. The first-order chi connectivity index (χ1) is 13.1. The number of rotatable bonds is 5. The Bertz CT molecular complexity index is 939. The van der Waals surface area contributed by atoms with Crippen LogP contribution in [0.1, 0.15) is 41.6 Å². The fourth-order valence-electron chi connectivity index (χ4n) is 3.61. The molecule has 3 aromatic carbocycles. The van der Waals surface area contributed by atoms with Crippen LogP contribution in [0.2, 0.25) is 0 Å². The minimum absolute atomic E-state index is 0. The van der Waals surface area contributed by atoms with E-state index >= 15 is 0 Å². The highest BCUT2D eigenvalue weighted by Gasteiger charge is 2.49. The molecule has 2 unspecified atom stereocenters. The van der Waals surface area contributed by atoms with Crippen molar-refractivity contribution in [2.24, 2.45) is 5.73 Å². The molecule has 0 spiro atoms. The predicted octanol–water partition coefficient (Wildman–Crippen LogP) is 5.62. The number of amides is 1. The van der Waals surface area contributed by atoms with Crippen LogP contribution in [-0.2, 0) is 0 Å². The van der Waals surface area contributed by atoms with Crippen LogP contribution < -0.4 is 11.1 Å². The average molecular weight is 393 g/mol. The van der Waals surface area contributed by atoms with Crippen molar-refractivity contribution in [1.29, 1.82) is 0 Å². The molecule has 144 valence electrons. The Morgan fingerprint density at radius 3 is 2.14 bits per heavy atom. The van der Waals surface area contributed by atoms with Gasteiger partial charge >= 0.3 is 0 Å². The van der Waals surface area contributed by atoms with Crippen molar-refractivity contribution >= 4 is 24.0 Å². The zero-order valence-electron chi connectivity index (χ0n) is 15.9. The van der Waals surface area contributed by atoms with E-state index in [9.17, 15) is 4.79 Å². The van der Waals surface area contributed by atoms with E-state index in [1.165, 1.54) is 5.56 Å². The van der Waals surface area contributed by atoms with E-state index in [0.29, 0.717) is 11.5 Å². The molecule has 3 aromatic rings. The van der Waals surface area contributed by atoms with Gasteiger partial charge in [-0.3, -0.25) is 4.79 Å². The van der Waals surface area contributed by atoms with E-state index in [-0.39, 0.29) is 23.9 Å². The van der Waals surface area contributed by atoms with Crippen molar-refractivity contribution in [3.05, 3.63) is 90.0 Å². The molecule has 3 nitrogen and oxygen atoms in total. The molecule has 0 saturated heterocycles. The summed E-state index contributed by atoms with van der Waals surface area (Å²) in [5, 5.41) is 2.97. The molecule has 2 atom stereocenters. The highest BCUT2D eigenvalue weighted by molar-refractivity contribution is 6.04. The Balaban J connectivity index is 0.00000225. The molecule has 0 aliphatic heterocycles. The summed E-state index contributed by atoms with van der Waals surface area (Å²) in [6.07, 6.45) is 2.04. The van der Waals surface area contributed by atoms with Gasteiger partial charge in [-0.1, -0.05) is 61.5 Å². The van der Waals surface area contributed by atoms with Crippen LogP contribution in [0.3, 0.4) is 0 Å². The third-order valence-corrected chi connectivity index (χ3v) is 5.60. The van der Waals surface area contributed by atoms with E-state index < -0.39 is 0 Å². The van der Waals surface area contributed by atoms with Gasteiger partial charge in [0.25, 0.3) is 5.91 Å². The number of nitrogens with two attached hydrogens (primary N) is 1. The molecule has 1 fully saturated rings. The summed E-state index contributed by atoms with van der Waals surface area (Å²) in [4.78, 5) is 12.5. The predicted molar refractivity (Wildman–Crippen MR) is 118 cm³/mol. The van der Waals surface area contributed by atoms with Crippen molar-refractivity contribution < 1.29 is 4.79 Å². The Labute approximate surface area is 172 Å². The van der Waals surface area contributed by atoms with Gasteiger partial charge in [0.15, 0.2) is 0 Å². The summed E-state index contributed by atoms with van der Waals surface area (Å²) >= 11 is 0. The maximum Gasteiger partial charge on any atom is 0.255 e. The SMILES string of the molecule is CCC1(N)CC1c1ccc(NC(=O)c2ccc(-c3ccccc3)cc2)cc1.Cl. The summed E-state index contributed by atoms with van der Waals surface area (Å²) in [5.74, 6) is 0.341. The molecule has 0 heterocycles. The molecular weight excluding hydrogens is 368 g/mol. The third kappa shape index (κ3) is 4.11. The average Bonchev–Trinajstić information content (AvgIpc) is 3.41. The summed E-state index contributed by atoms with van der Waals surface area (Å²) in [7, 11) is 0. The lowest BCUT2D eigenvalue weighted by molar-refractivity contribution is 0.102. The largest absolute Gasteiger partial charge is 0.325 e. The number of nitrogens with one attached hydrogen (secondary N) is 1. The molecule has 1 aliphatic rings. The van der Waals surface area contributed by atoms with Crippen molar-refractivity contribution in [3.63, 3.8) is 0 Å². The lowest BCUT2D eigenvalue weighted by Crippen LogP contribution is -2.22. The zero-order chi connectivity index (χ0) is 18.9. The minimum atomic E-state index is -0.101. The van der Waals surface area contributed by atoms with Gasteiger partial charge in [0.05, 0.1) is 0 Å². The standard InChI is InChI=1S/C24H24N2O.ClH/c1-2-24(25)16-22(24)19-12-14-21(15-13-19)26-23(27)20-10-8-18(9-11-20)17-6-4-3-5-7-17;/h3-15,22H,2,16,25H2,1H3,(H,26,27);1H. The van der Waals surface area contributed by atoms with Crippen LogP contribution in [-0.4, -0.2) is 11.4 Å². The highest BCUT2D eigenvalue weighted by Crippen LogP contribution is 2.51. The van der Waals surface area contributed by atoms with Gasteiger partial charge in [-0.25, -0.2) is 0 Å². The normalized spacial score (nSPS) is 20.1. The van der Waals surface area contributed by atoms with E-state index in [1.54, 1.807) is 0 Å². The molecule has 0 radical (unpaired) electrons. The van der Waals surface area contributed by atoms with Crippen LogP contribution in [0, 0.1) is 0 Å². The van der Waals surface area contributed by atoms with E-state index in [2.05, 4.69) is 36.5 Å². The first kappa shape index (κ1) is 20.1. The van der Waals surface area contributed by atoms with Crippen LogP contribution in [0.4, 0.5) is 5.69 Å². The second-order valence-electron chi connectivity index (χ2n) is 7.36. The fraction of sp³-hybridized carbons (Fsp3) is 0.208. The van der Waals surface area contributed by atoms with Crippen molar-refractivity contribution in [1.82, 2.24) is 0 Å². The lowest BCUT2D eigenvalue weighted by atomic mass is 10.0. The number of halogens is 1. The Kier molecular flexibility index (Phi) is 5.87. The Morgan fingerprint density at radius 1 is 0.964 bits per heavy atom. The topological polar surface area (TPSA) is 55.1 Å². The van der Waals surface area contributed by atoms with Crippen LogP contribution in [0.15, 0.2) is 78.9 Å². The molecule has 4 rings (SSSR count). The second-order valence-corrected chi connectivity index (χ2v) is 7.36. The van der Waals surface area contributed by atoms with E-state index in [0.717, 1.165) is 29.7 Å². The smallest absolute Gasteiger partial charge is 0.255 e. The van der Waals surface area contributed by atoms with Gasteiger partial charge in [-0.2, -0.15) is 0 Å². The molecule has 1 saturated carbocycles. The number of hydrogen-bond donors (Lipinski definition) is 2. The van der Waals surface area contributed by atoms with Crippen LogP contribution in [0.5, 0.6) is 0 Å². The summed E-state index contributed by atoms with van der Waals surface area (Å²) in [5.41, 5.74) is 11.2. The molecule has 1 amide bonds. The van der Waals surface area contributed by atoms with Gasteiger partial charge in [-0.05, 0) is 53.8 Å². The first-order valence-electron chi connectivity index (χ1n) is 9.45. The fourth-order valence-corrected chi connectivity index (χ4v) is 3.61. The number of benzene rings is 3. The number of carbonyl (C=O) groups excluding carboxylic acids is 1. The van der Waals surface area contributed by atoms with Gasteiger partial charge in [0, 0.05) is 22.7 Å². The minimum Gasteiger partial charge on any atom is -0.325 e.